The number of guanidine groups is 1. The van der Waals surface area contributed by atoms with Gasteiger partial charge < -0.3 is 16.0 Å². The lowest BCUT2D eigenvalue weighted by atomic mass is 10.2. The topological polar surface area (TPSA) is 56.9 Å². The zero-order valence-corrected chi connectivity index (χ0v) is 16.6. The monoisotopic (exact) mass is 431 g/mol. The number of halogens is 1. The highest BCUT2D eigenvalue weighted by Gasteiger charge is 2.16. The van der Waals surface area contributed by atoms with Crippen LogP contribution in [0.5, 0.6) is 0 Å². The van der Waals surface area contributed by atoms with Gasteiger partial charge in [0.2, 0.25) is 0 Å². The molecular formula is C17H30IN5. The lowest BCUT2D eigenvalue weighted by Gasteiger charge is -2.36. The first-order valence-electron chi connectivity index (χ1n) is 8.24. The van der Waals surface area contributed by atoms with Gasteiger partial charge in [0.15, 0.2) is 5.96 Å². The molecule has 6 heteroatoms. The highest BCUT2D eigenvalue weighted by molar-refractivity contribution is 14.0. The van der Waals surface area contributed by atoms with Crippen LogP contribution in [0.1, 0.15) is 20.3 Å². The number of piperazine rings is 1. The van der Waals surface area contributed by atoms with E-state index in [0.717, 1.165) is 45.7 Å². The fourth-order valence-electron chi connectivity index (χ4n) is 2.70. The highest BCUT2D eigenvalue weighted by atomic mass is 127. The Morgan fingerprint density at radius 3 is 2.43 bits per heavy atom. The molecule has 0 spiro atoms. The summed E-state index contributed by atoms with van der Waals surface area (Å²) in [5.74, 6) is 0.559. The summed E-state index contributed by atoms with van der Waals surface area (Å²) in [6.07, 6.45) is 1.06. The van der Waals surface area contributed by atoms with E-state index in [1.807, 2.05) is 0 Å². The van der Waals surface area contributed by atoms with E-state index < -0.39 is 0 Å². The van der Waals surface area contributed by atoms with E-state index in [4.69, 9.17) is 5.73 Å². The number of nitrogens with one attached hydrogen (secondary N) is 1. The Kier molecular flexibility index (Phi) is 9.31. The van der Waals surface area contributed by atoms with E-state index in [-0.39, 0.29) is 24.0 Å². The molecule has 0 unspecified atom stereocenters. The zero-order chi connectivity index (χ0) is 15.8. The van der Waals surface area contributed by atoms with Gasteiger partial charge in [0.25, 0.3) is 0 Å². The molecule has 1 heterocycles. The van der Waals surface area contributed by atoms with Gasteiger partial charge in [-0.25, -0.2) is 0 Å². The Balaban J connectivity index is 0.00000264. The van der Waals surface area contributed by atoms with E-state index in [1.54, 1.807) is 0 Å². The second-order valence-electron chi connectivity index (χ2n) is 6.08. The Hall–Kier alpha value is -1.02. The summed E-state index contributed by atoms with van der Waals surface area (Å²) in [5.41, 5.74) is 7.13. The Bertz CT molecular complexity index is 455. The normalized spacial score (nSPS) is 16.3. The Morgan fingerprint density at radius 2 is 1.83 bits per heavy atom. The summed E-state index contributed by atoms with van der Waals surface area (Å²) in [5, 5.41) is 3.11. The lowest BCUT2D eigenvalue weighted by Crippen LogP contribution is -2.46. The largest absolute Gasteiger partial charge is 0.370 e. The molecule has 3 N–H and O–H groups in total. The fourth-order valence-corrected chi connectivity index (χ4v) is 2.70. The smallest absolute Gasteiger partial charge is 0.188 e. The van der Waals surface area contributed by atoms with Crippen LogP contribution >= 0.6 is 24.0 Å². The summed E-state index contributed by atoms with van der Waals surface area (Å²) < 4.78 is 0. The summed E-state index contributed by atoms with van der Waals surface area (Å²) in [6, 6.07) is 11.0. The molecule has 1 aliphatic rings. The molecule has 0 bridgehead atoms. The van der Waals surface area contributed by atoms with Crippen LogP contribution in [0.4, 0.5) is 5.69 Å². The van der Waals surface area contributed by atoms with Crippen molar-refractivity contribution >= 4 is 35.6 Å². The minimum Gasteiger partial charge on any atom is -0.370 e. The van der Waals surface area contributed by atoms with Gasteiger partial charge in [0, 0.05) is 51.0 Å². The molecule has 0 saturated carbocycles. The van der Waals surface area contributed by atoms with Gasteiger partial charge in [0.05, 0.1) is 0 Å². The van der Waals surface area contributed by atoms with Crippen molar-refractivity contribution in [2.45, 2.75) is 26.3 Å². The van der Waals surface area contributed by atoms with Crippen molar-refractivity contribution in [1.82, 2.24) is 10.2 Å². The third-order valence-electron chi connectivity index (χ3n) is 3.84. The van der Waals surface area contributed by atoms with Crippen molar-refractivity contribution in [2.75, 3.05) is 44.2 Å². The maximum Gasteiger partial charge on any atom is 0.188 e. The van der Waals surface area contributed by atoms with Crippen LogP contribution in [0.2, 0.25) is 0 Å². The van der Waals surface area contributed by atoms with Gasteiger partial charge >= 0.3 is 0 Å². The lowest BCUT2D eigenvalue weighted by molar-refractivity contribution is 0.256. The SMILES string of the molecule is CC(C)NC(N)=NCCCN1CCN(c2ccccc2)CC1.I. The molecular weight excluding hydrogens is 401 g/mol. The molecule has 0 aliphatic carbocycles. The van der Waals surface area contributed by atoms with E-state index in [2.05, 4.69) is 64.3 Å². The number of para-hydroxylation sites is 1. The van der Waals surface area contributed by atoms with Crippen LogP contribution in [-0.2, 0) is 0 Å². The molecule has 1 aliphatic heterocycles. The molecule has 0 atom stereocenters. The van der Waals surface area contributed by atoms with Crippen LogP contribution in [-0.4, -0.2) is 56.2 Å². The van der Waals surface area contributed by atoms with Crippen molar-refractivity contribution in [2.24, 2.45) is 10.7 Å². The zero-order valence-electron chi connectivity index (χ0n) is 14.2. The van der Waals surface area contributed by atoms with Crippen LogP contribution in [0.3, 0.4) is 0 Å². The number of benzene rings is 1. The maximum absolute atomic E-state index is 5.80. The van der Waals surface area contributed by atoms with E-state index in [0.29, 0.717) is 12.0 Å². The molecule has 130 valence electrons. The Morgan fingerprint density at radius 1 is 1.17 bits per heavy atom. The van der Waals surface area contributed by atoms with E-state index in [1.165, 1.54) is 5.69 Å². The number of nitrogens with zero attached hydrogens (tertiary/aromatic N) is 3. The third kappa shape index (κ3) is 7.39. The molecule has 0 radical (unpaired) electrons. The number of hydrogen-bond donors (Lipinski definition) is 2. The molecule has 1 saturated heterocycles. The van der Waals surface area contributed by atoms with Gasteiger partial charge in [0.1, 0.15) is 0 Å². The first kappa shape index (κ1) is 20.0. The number of nitrogens with two attached hydrogens (primary N) is 1. The van der Waals surface area contributed by atoms with Crippen LogP contribution in [0.25, 0.3) is 0 Å². The van der Waals surface area contributed by atoms with Crippen LogP contribution in [0, 0.1) is 0 Å². The van der Waals surface area contributed by atoms with Crippen LogP contribution < -0.4 is 16.0 Å². The van der Waals surface area contributed by atoms with Gasteiger partial charge in [-0.15, -0.1) is 24.0 Å². The van der Waals surface area contributed by atoms with Crippen molar-refractivity contribution in [3.8, 4) is 0 Å². The van der Waals surface area contributed by atoms with Gasteiger partial charge in [-0.3, -0.25) is 9.89 Å². The molecule has 1 aromatic carbocycles. The average Bonchev–Trinajstić information content (AvgIpc) is 2.52. The number of aliphatic imine (C=N–C) groups is 1. The van der Waals surface area contributed by atoms with E-state index in [9.17, 15) is 0 Å². The fraction of sp³-hybridized carbons (Fsp3) is 0.588. The van der Waals surface area contributed by atoms with Crippen molar-refractivity contribution in [3.63, 3.8) is 0 Å². The Labute approximate surface area is 157 Å². The number of anilines is 1. The number of rotatable bonds is 6. The van der Waals surface area contributed by atoms with Crippen LogP contribution in [0.15, 0.2) is 35.3 Å². The molecule has 23 heavy (non-hydrogen) atoms. The first-order valence-corrected chi connectivity index (χ1v) is 8.24. The van der Waals surface area contributed by atoms with Crippen molar-refractivity contribution < 1.29 is 0 Å². The summed E-state index contributed by atoms with van der Waals surface area (Å²) >= 11 is 0. The molecule has 5 nitrogen and oxygen atoms in total. The molecule has 0 aromatic heterocycles. The van der Waals surface area contributed by atoms with E-state index >= 15 is 0 Å². The molecule has 0 amide bonds. The van der Waals surface area contributed by atoms with Crippen molar-refractivity contribution in [3.05, 3.63) is 30.3 Å². The third-order valence-corrected chi connectivity index (χ3v) is 3.84. The highest BCUT2D eigenvalue weighted by Crippen LogP contribution is 2.15. The summed E-state index contributed by atoms with van der Waals surface area (Å²) in [6.45, 7) is 10.5. The predicted molar refractivity (Wildman–Crippen MR) is 110 cm³/mol. The number of hydrogen-bond acceptors (Lipinski definition) is 3. The first-order chi connectivity index (χ1) is 10.6. The van der Waals surface area contributed by atoms with Gasteiger partial charge in [-0.05, 0) is 32.4 Å². The minimum atomic E-state index is 0. The molecule has 1 aromatic rings. The molecule has 2 rings (SSSR count). The second kappa shape index (κ2) is 10.7. The quantitative estimate of drug-likeness (QED) is 0.314. The van der Waals surface area contributed by atoms with Crippen molar-refractivity contribution in [1.29, 1.82) is 0 Å². The summed E-state index contributed by atoms with van der Waals surface area (Å²) in [4.78, 5) is 9.33. The predicted octanol–water partition coefficient (Wildman–Crippen LogP) is 2.13. The van der Waals surface area contributed by atoms with Gasteiger partial charge in [-0.2, -0.15) is 0 Å². The standard InChI is InChI=1S/C17H29N5.HI/c1-15(2)20-17(18)19-9-6-10-21-11-13-22(14-12-21)16-7-4-3-5-8-16;/h3-5,7-8,15H,6,9-14H2,1-2H3,(H3,18,19,20);1H. The molecule has 1 fully saturated rings. The maximum atomic E-state index is 5.80. The minimum absolute atomic E-state index is 0. The second-order valence-corrected chi connectivity index (χ2v) is 6.08. The van der Waals surface area contributed by atoms with Gasteiger partial charge in [-0.1, -0.05) is 18.2 Å². The summed E-state index contributed by atoms with van der Waals surface area (Å²) in [7, 11) is 0. The average molecular weight is 431 g/mol.